The van der Waals surface area contributed by atoms with Crippen LogP contribution in [0.25, 0.3) is 0 Å². The molecular weight excluding hydrogens is 809 g/mol. The largest absolute Gasteiger partial charge is 0.481 e. The summed E-state index contributed by atoms with van der Waals surface area (Å²) in [4.78, 5) is 120. The number of unbranched alkanes of at least 4 members (excludes halogenated alkanes) is 1. The summed E-state index contributed by atoms with van der Waals surface area (Å²) in [6.07, 6.45) is 1.44. The summed E-state index contributed by atoms with van der Waals surface area (Å²) in [6, 6.07) is 0.296. The first-order chi connectivity index (χ1) is 29.2. The van der Waals surface area contributed by atoms with Gasteiger partial charge in [-0.2, -0.15) is 0 Å². The lowest BCUT2D eigenvalue weighted by Gasteiger charge is -2.29. The van der Waals surface area contributed by atoms with Crippen molar-refractivity contribution in [3.05, 3.63) is 35.9 Å². The minimum absolute atomic E-state index is 0.0485. The Balaban J connectivity index is 3.25. The quantitative estimate of drug-likeness (QED) is 0.0163. The van der Waals surface area contributed by atoms with Crippen LogP contribution in [0.2, 0.25) is 0 Å². The molecule has 7 atom stereocenters. The molecule has 0 spiro atoms. The highest BCUT2D eigenvalue weighted by molar-refractivity contribution is 5.98. The van der Waals surface area contributed by atoms with E-state index in [4.69, 9.17) is 22.9 Å². The number of hydrogen-bond acceptors (Lipinski definition) is 12. The Morgan fingerprint density at radius 2 is 1.19 bits per heavy atom. The molecule has 22 heteroatoms. The first-order valence-electron chi connectivity index (χ1n) is 20.5. The van der Waals surface area contributed by atoms with E-state index in [2.05, 4.69) is 42.2 Å². The standard InChI is InChI=1S/C40H66N12O10/c1-22(2)32(51-34(57)24(5)46-36(59)29(19-31(55)56)48-30(54)20-42)38(61)49-27(15-9-10-16-41)35(58)52-33(23(3)4)39(62)50-28(18-25-12-7-6-8-13-25)37(60)47-26(21-53)14-11-17-45-40(43)44/h6-8,12-13,21-24,26-29,32-33H,9-11,14-20,41-42H2,1-5H3,(H,46,59)(H,47,60)(H,48,54)(H,49,61)(H,50,62)(H,51,57)(H,52,58)(H,55,56)(H4,43,44,45)/t24-,26-,27-,28-,29-,32-,33-/m0/s1. The van der Waals surface area contributed by atoms with Gasteiger partial charge in [0.2, 0.25) is 41.4 Å². The molecule has 0 unspecified atom stereocenters. The Morgan fingerprint density at radius 1 is 0.645 bits per heavy atom. The van der Waals surface area contributed by atoms with E-state index in [-0.39, 0.29) is 31.8 Å². The van der Waals surface area contributed by atoms with E-state index in [1.807, 2.05) is 0 Å². The molecule has 62 heavy (non-hydrogen) atoms. The monoisotopic (exact) mass is 875 g/mol. The van der Waals surface area contributed by atoms with Gasteiger partial charge in [-0.3, -0.25) is 43.3 Å². The summed E-state index contributed by atoms with van der Waals surface area (Å²) in [6.45, 7) is 7.93. The van der Waals surface area contributed by atoms with Gasteiger partial charge in [-0.25, -0.2) is 0 Å². The number of nitrogens with zero attached hydrogens (tertiary/aromatic N) is 1. The normalized spacial score (nSPS) is 14.3. The molecule has 0 aliphatic carbocycles. The van der Waals surface area contributed by atoms with Crippen LogP contribution in [0.1, 0.15) is 78.7 Å². The summed E-state index contributed by atoms with van der Waals surface area (Å²) >= 11 is 0. The van der Waals surface area contributed by atoms with Gasteiger partial charge in [0.15, 0.2) is 5.96 Å². The third kappa shape index (κ3) is 20.4. The highest BCUT2D eigenvalue weighted by Crippen LogP contribution is 2.11. The molecule has 1 rings (SSSR count). The van der Waals surface area contributed by atoms with E-state index >= 15 is 0 Å². The molecule has 1 aromatic rings. The number of hydrogen-bond donors (Lipinski definition) is 12. The third-order valence-electron chi connectivity index (χ3n) is 9.42. The van der Waals surface area contributed by atoms with Gasteiger partial charge >= 0.3 is 5.97 Å². The molecule has 1 aromatic carbocycles. The molecule has 0 fully saturated rings. The van der Waals surface area contributed by atoms with Gasteiger partial charge in [0.05, 0.1) is 19.0 Å². The zero-order valence-electron chi connectivity index (χ0n) is 36.1. The van der Waals surface area contributed by atoms with E-state index in [1.165, 1.54) is 6.92 Å². The minimum atomic E-state index is -1.53. The Morgan fingerprint density at radius 3 is 1.71 bits per heavy atom. The van der Waals surface area contributed by atoms with Crippen LogP contribution in [-0.2, 0) is 49.6 Å². The average Bonchev–Trinajstić information content (AvgIpc) is 3.21. The average molecular weight is 875 g/mol. The second-order valence-corrected chi connectivity index (χ2v) is 15.4. The molecule has 0 aliphatic heterocycles. The van der Waals surface area contributed by atoms with Crippen molar-refractivity contribution in [2.24, 2.45) is 39.8 Å². The molecule has 0 saturated carbocycles. The predicted octanol–water partition coefficient (Wildman–Crippen LogP) is -3.23. The number of aliphatic imine (C=N–C) groups is 1. The van der Waals surface area contributed by atoms with Crippen LogP contribution >= 0.6 is 0 Å². The number of carboxylic acid groups (broad SMARTS) is 1. The molecule has 7 amide bonds. The van der Waals surface area contributed by atoms with Crippen LogP contribution < -0.4 is 60.2 Å². The number of aliphatic carboxylic acids is 1. The first kappa shape index (κ1) is 53.9. The van der Waals surface area contributed by atoms with E-state index in [1.54, 1.807) is 58.0 Å². The number of rotatable bonds is 29. The van der Waals surface area contributed by atoms with Crippen molar-refractivity contribution >= 4 is 59.6 Å². The molecule has 0 saturated heterocycles. The Hall–Kier alpha value is -6.16. The number of carboxylic acids is 1. The van der Waals surface area contributed by atoms with Crippen molar-refractivity contribution in [2.75, 3.05) is 19.6 Å². The van der Waals surface area contributed by atoms with Crippen LogP contribution in [0.3, 0.4) is 0 Å². The molecule has 346 valence electrons. The fourth-order valence-corrected chi connectivity index (χ4v) is 5.94. The van der Waals surface area contributed by atoms with Crippen molar-refractivity contribution < 1.29 is 48.3 Å². The van der Waals surface area contributed by atoms with Crippen LogP contribution in [0.4, 0.5) is 0 Å². The smallest absolute Gasteiger partial charge is 0.305 e. The fraction of sp³-hybridized carbons (Fsp3) is 0.600. The number of carbonyl (C=O) groups excluding carboxylic acids is 8. The van der Waals surface area contributed by atoms with Gasteiger partial charge in [-0.05, 0) is 63.0 Å². The molecule has 0 heterocycles. The van der Waals surface area contributed by atoms with Gasteiger partial charge in [-0.1, -0.05) is 58.0 Å². The topological polar surface area (TPSA) is 375 Å². The van der Waals surface area contributed by atoms with Crippen LogP contribution in [-0.4, -0.2) is 127 Å². The fourth-order valence-electron chi connectivity index (χ4n) is 5.94. The van der Waals surface area contributed by atoms with Crippen LogP contribution in [0, 0.1) is 11.8 Å². The van der Waals surface area contributed by atoms with Gasteiger partial charge in [0, 0.05) is 13.0 Å². The molecule has 0 aliphatic rings. The maximum absolute atomic E-state index is 13.9. The summed E-state index contributed by atoms with van der Waals surface area (Å²) in [5, 5.41) is 27.0. The van der Waals surface area contributed by atoms with Crippen molar-refractivity contribution in [1.82, 2.24) is 37.2 Å². The predicted molar refractivity (Wildman–Crippen MR) is 229 cm³/mol. The van der Waals surface area contributed by atoms with E-state index in [0.29, 0.717) is 37.7 Å². The number of amides is 7. The van der Waals surface area contributed by atoms with Gasteiger partial charge < -0.3 is 70.1 Å². The van der Waals surface area contributed by atoms with Gasteiger partial charge in [0.1, 0.15) is 42.5 Å². The minimum Gasteiger partial charge on any atom is -0.481 e. The number of nitrogens with two attached hydrogens (primary N) is 4. The number of aldehydes is 1. The van der Waals surface area contributed by atoms with Gasteiger partial charge in [0.25, 0.3) is 0 Å². The molecule has 0 radical (unpaired) electrons. The van der Waals surface area contributed by atoms with Crippen molar-refractivity contribution in [1.29, 1.82) is 0 Å². The SMILES string of the molecule is CC(C)[C@H](NC(=O)[C@H](C)NC(=O)[C@H](CC(=O)O)NC(=O)CN)C(=O)N[C@@H](CCCCN)C(=O)N[C@H](C(=O)N[C@@H](Cc1ccccc1)C(=O)N[C@H](C=O)CCCN=C(N)N)C(C)C. The van der Waals surface area contributed by atoms with E-state index in [9.17, 15) is 48.3 Å². The third-order valence-corrected chi connectivity index (χ3v) is 9.42. The maximum Gasteiger partial charge on any atom is 0.305 e. The first-order valence-corrected chi connectivity index (χ1v) is 20.5. The van der Waals surface area contributed by atoms with Crippen LogP contribution in [0.15, 0.2) is 35.3 Å². The number of carbonyl (C=O) groups is 9. The van der Waals surface area contributed by atoms with E-state index in [0.717, 1.165) is 0 Å². The molecular formula is C40H66N12O10. The second kappa shape index (κ2) is 28.4. The zero-order valence-corrected chi connectivity index (χ0v) is 36.1. The lowest BCUT2D eigenvalue weighted by atomic mass is 9.99. The van der Waals surface area contributed by atoms with Crippen LogP contribution in [0.5, 0.6) is 0 Å². The van der Waals surface area contributed by atoms with E-state index < -0.39 is 114 Å². The lowest BCUT2D eigenvalue weighted by molar-refractivity contribution is -0.141. The maximum atomic E-state index is 13.9. The molecule has 16 N–H and O–H groups in total. The lowest BCUT2D eigenvalue weighted by Crippen LogP contribution is -2.61. The van der Waals surface area contributed by atoms with Crippen molar-refractivity contribution in [3.8, 4) is 0 Å². The summed E-state index contributed by atoms with van der Waals surface area (Å²) < 4.78 is 0. The van der Waals surface area contributed by atoms with Crippen molar-refractivity contribution in [2.45, 2.75) is 122 Å². The highest BCUT2D eigenvalue weighted by atomic mass is 16.4. The summed E-state index contributed by atoms with van der Waals surface area (Å²) in [5.74, 6) is -8.00. The van der Waals surface area contributed by atoms with Gasteiger partial charge in [-0.15, -0.1) is 0 Å². The molecule has 22 nitrogen and oxygen atoms in total. The molecule has 0 bridgehead atoms. The second-order valence-electron chi connectivity index (χ2n) is 15.4. The number of guanidine groups is 1. The summed E-state index contributed by atoms with van der Waals surface area (Å²) in [7, 11) is 0. The zero-order chi connectivity index (χ0) is 46.9. The number of nitrogens with one attached hydrogen (secondary N) is 7. The number of benzene rings is 1. The summed E-state index contributed by atoms with van der Waals surface area (Å²) in [5.41, 5.74) is 22.4. The Labute approximate surface area is 361 Å². The Kier molecular flexibility index (Phi) is 24.7. The van der Waals surface area contributed by atoms with Crippen molar-refractivity contribution in [3.63, 3.8) is 0 Å². The highest BCUT2D eigenvalue weighted by Gasteiger charge is 2.35. The Bertz CT molecular complexity index is 1690. The molecule has 0 aromatic heterocycles.